The lowest BCUT2D eigenvalue weighted by atomic mass is 10.1. The first-order chi connectivity index (χ1) is 12.7. The maximum Gasteiger partial charge on any atom is 0.254 e. The molecule has 2 aromatic carbocycles. The van der Waals surface area contributed by atoms with Crippen molar-refractivity contribution in [1.82, 2.24) is 10.2 Å². The van der Waals surface area contributed by atoms with E-state index in [1.54, 1.807) is 25.3 Å². The molecule has 1 N–H and O–H groups in total. The van der Waals surface area contributed by atoms with Gasteiger partial charge >= 0.3 is 0 Å². The van der Waals surface area contributed by atoms with Crippen LogP contribution in [0.15, 0.2) is 42.5 Å². The Morgan fingerprint density at radius 1 is 1.11 bits per heavy atom. The predicted molar refractivity (Wildman–Crippen MR) is 109 cm³/mol. The van der Waals surface area contributed by atoms with E-state index in [4.69, 9.17) is 21.1 Å². The van der Waals surface area contributed by atoms with E-state index in [2.05, 4.69) is 5.32 Å². The van der Waals surface area contributed by atoms with E-state index >= 15 is 0 Å². The number of nitrogens with one attached hydrogen (secondary N) is 1. The molecule has 1 heterocycles. The van der Waals surface area contributed by atoms with Crippen molar-refractivity contribution in [2.75, 3.05) is 33.3 Å². The first-order valence-corrected chi connectivity index (χ1v) is 9.10. The van der Waals surface area contributed by atoms with Crippen molar-refractivity contribution >= 4 is 29.9 Å². The molecule has 0 bridgehead atoms. The second kappa shape index (κ2) is 10.4. The largest absolute Gasteiger partial charge is 0.493 e. The van der Waals surface area contributed by atoms with Crippen molar-refractivity contribution in [2.24, 2.45) is 0 Å². The van der Waals surface area contributed by atoms with Gasteiger partial charge in [0, 0.05) is 30.2 Å². The zero-order chi connectivity index (χ0) is 18.4. The Labute approximate surface area is 171 Å². The smallest absolute Gasteiger partial charge is 0.254 e. The molecule has 1 saturated heterocycles. The van der Waals surface area contributed by atoms with Gasteiger partial charge in [0.25, 0.3) is 5.91 Å². The summed E-state index contributed by atoms with van der Waals surface area (Å²) in [5, 5.41) is 4.00. The molecule has 146 valence electrons. The molecule has 27 heavy (non-hydrogen) atoms. The van der Waals surface area contributed by atoms with Crippen LogP contribution in [0.2, 0.25) is 5.02 Å². The predicted octanol–water partition coefficient (Wildman–Crippen LogP) is 3.78. The van der Waals surface area contributed by atoms with Crippen LogP contribution in [0.5, 0.6) is 11.5 Å². The van der Waals surface area contributed by atoms with Crippen LogP contribution in [0.1, 0.15) is 22.3 Å². The van der Waals surface area contributed by atoms with Crippen molar-refractivity contribution in [3.8, 4) is 11.5 Å². The zero-order valence-electron chi connectivity index (χ0n) is 15.2. The number of carbonyl (C=O) groups excluding carboxylic acids is 1. The summed E-state index contributed by atoms with van der Waals surface area (Å²) in [6.45, 7) is 3.66. The Balaban J connectivity index is 0.00000261. The lowest BCUT2D eigenvalue weighted by molar-refractivity contribution is 0.0766. The topological polar surface area (TPSA) is 50.8 Å². The summed E-state index contributed by atoms with van der Waals surface area (Å²) in [4.78, 5) is 14.6. The van der Waals surface area contributed by atoms with Gasteiger partial charge in [-0.15, -0.1) is 12.4 Å². The molecular formula is C20H24Cl2N2O3. The molecule has 5 nitrogen and oxygen atoms in total. The fourth-order valence-electron chi connectivity index (χ4n) is 2.89. The van der Waals surface area contributed by atoms with Gasteiger partial charge < -0.3 is 19.7 Å². The number of hydrogen-bond acceptors (Lipinski definition) is 4. The lowest BCUT2D eigenvalue weighted by Crippen LogP contribution is -2.34. The molecule has 3 rings (SSSR count). The first kappa shape index (κ1) is 21.4. The van der Waals surface area contributed by atoms with Crippen LogP contribution >= 0.6 is 24.0 Å². The maximum absolute atomic E-state index is 12.7. The van der Waals surface area contributed by atoms with E-state index in [0.29, 0.717) is 28.7 Å². The molecule has 1 fully saturated rings. The van der Waals surface area contributed by atoms with Crippen LogP contribution in [-0.4, -0.2) is 44.1 Å². The van der Waals surface area contributed by atoms with E-state index in [-0.39, 0.29) is 18.3 Å². The van der Waals surface area contributed by atoms with E-state index in [0.717, 1.165) is 38.2 Å². The van der Waals surface area contributed by atoms with Crippen molar-refractivity contribution in [2.45, 2.75) is 13.0 Å². The average Bonchev–Trinajstić information content (AvgIpc) is 2.96. The standard InChI is InChI=1S/C20H23ClN2O3.ClH/c1-25-19-13-16(20(24)23-11-2-9-22-10-12-23)5-8-18(19)26-14-15-3-6-17(21)7-4-15;/h3-8,13,22H,2,9-12,14H2,1H3;1H. The highest BCUT2D eigenvalue weighted by Gasteiger charge is 2.19. The minimum atomic E-state index is 0. The number of rotatable bonds is 5. The molecule has 0 saturated carbocycles. The van der Waals surface area contributed by atoms with Crippen LogP contribution in [0.25, 0.3) is 0 Å². The average molecular weight is 411 g/mol. The summed E-state index contributed by atoms with van der Waals surface area (Å²) < 4.78 is 11.3. The SMILES string of the molecule is COc1cc(C(=O)N2CCCNCC2)ccc1OCc1ccc(Cl)cc1.Cl. The van der Waals surface area contributed by atoms with E-state index in [1.165, 1.54) is 0 Å². The highest BCUT2D eigenvalue weighted by Crippen LogP contribution is 2.29. The first-order valence-electron chi connectivity index (χ1n) is 8.72. The summed E-state index contributed by atoms with van der Waals surface area (Å²) in [5.74, 6) is 1.19. The van der Waals surface area contributed by atoms with Gasteiger partial charge in [0.2, 0.25) is 0 Å². The summed E-state index contributed by atoms with van der Waals surface area (Å²) >= 11 is 5.90. The molecule has 0 aliphatic carbocycles. The van der Waals surface area contributed by atoms with Gasteiger partial charge in [-0.25, -0.2) is 0 Å². The van der Waals surface area contributed by atoms with Gasteiger partial charge in [-0.3, -0.25) is 4.79 Å². The Morgan fingerprint density at radius 3 is 2.63 bits per heavy atom. The van der Waals surface area contributed by atoms with Gasteiger partial charge in [-0.05, 0) is 48.9 Å². The Morgan fingerprint density at radius 2 is 1.89 bits per heavy atom. The van der Waals surface area contributed by atoms with Gasteiger partial charge in [-0.2, -0.15) is 0 Å². The van der Waals surface area contributed by atoms with Gasteiger partial charge in [0.15, 0.2) is 11.5 Å². The number of carbonyl (C=O) groups is 1. The molecule has 1 aliphatic rings. The summed E-state index contributed by atoms with van der Waals surface area (Å²) in [6.07, 6.45) is 0.963. The third-order valence-corrected chi connectivity index (χ3v) is 4.60. The third-order valence-electron chi connectivity index (χ3n) is 4.35. The third kappa shape index (κ3) is 5.76. The minimum Gasteiger partial charge on any atom is -0.493 e. The molecule has 1 aliphatic heterocycles. The number of nitrogens with zero attached hydrogens (tertiary/aromatic N) is 1. The summed E-state index contributed by atoms with van der Waals surface area (Å²) in [6, 6.07) is 12.8. The summed E-state index contributed by atoms with van der Waals surface area (Å²) in [5.41, 5.74) is 1.62. The zero-order valence-corrected chi connectivity index (χ0v) is 16.8. The number of amides is 1. The molecule has 0 atom stereocenters. The second-order valence-electron chi connectivity index (χ2n) is 6.18. The number of methoxy groups -OCH3 is 1. The molecule has 0 spiro atoms. The van der Waals surface area contributed by atoms with Crippen molar-refractivity contribution in [3.63, 3.8) is 0 Å². The normalized spacial score (nSPS) is 14.1. The Bertz CT molecular complexity index is 745. The van der Waals surface area contributed by atoms with Crippen molar-refractivity contribution in [3.05, 3.63) is 58.6 Å². The van der Waals surface area contributed by atoms with Gasteiger partial charge in [0.05, 0.1) is 7.11 Å². The molecule has 0 unspecified atom stereocenters. The summed E-state index contributed by atoms with van der Waals surface area (Å²) in [7, 11) is 1.58. The van der Waals surface area contributed by atoms with Crippen molar-refractivity contribution in [1.29, 1.82) is 0 Å². The minimum absolute atomic E-state index is 0. The lowest BCUT2D eigenvalue weighted by Gasteiger charge is -2.20. The molecule has 7 heteroatoms. The van der Waals surface area contributed by atoms with Gasteiger partial charge in [-0.1, -0.05) is 23.7 Å². The maximum atomic E-state index is 12.7. The monoisotopic (exact) mass is 410 g/mol. The quantitative estimate of drug-likeness (QED) is 0.814. The van der Waals surface area contributed by atoms with E-state index in [9.17, 15) is 4.79 Å². The number of halogens is 2. The molecule has 2 aromatic rings. The second-order valence-corrected chi connectivity index (χ2v) is 6.61. The van der Waals surface area contributed by atoms with Crippen molar-refractivity contribution < 1.29 is 14.3 Å². The number of hydrogen-bond donors (Lipinski definition) is 1. The Hall–Kier alpha value is -1.95. The van der Waals surface area contributed by atoms with Crippen LogP contribution in [-0.2, 0) is 6.61 Å². The Kier molecular flexibility index (Phi) is 8.23. The van der Waals surface area contributed by atoms with Crippen LogP contribution in [0, 0.1) is 0 Å². The van der Waals surface area contributed by atoms with Crippen LogP contribution in [0.4, 0.5) is 0 Å². The fourth-order valence-corrected chi connectivity index (χ4v) is 3.02. The van der Waals surface area contributed by atoms with Crippen LogP contribution in [0.3, 0.4) is 0 Å². The number of benzene rings is 2. The fraction of sp³-hybridized carbons (Fsp3) is 0.350. The van der Waals surface area contributed by atoms with Gasteiger partial charge in [0.1, 0.15) is 6.61 Å². The van der Waals surface area contributed by atoms with E-state index in [1.807, 2.05) is 29.2 Å². The highest BCUT2D eigenvalue weighted by molar-refractivity contribution is 6.30. The van der Waals surface area contributed by atoms with E-state index < -0.39 is 0 Å². The molecular weight excluding hydrogens is 387 g/mol. The molecule has 0 aromatic heterocycles. The molecule has 0 radical (unpaired) electrons. The highest BCUT2D eigenvalue weighted by atomic mass is 35.5. The van der Waals surface area contributed by atoms with Crippen LogP contribution < -0.4 is 14.8 Å². The molecule has 1 amide bonds. The number of ether oxygens (including phenoxy) is 2.